The Kier molecular flexibility index (Phi) is 4.47. The fourth-order valence-electron chi connectivity index (χ4n) is 3.52. The summed E-state index contributed by atoms with van der Waals surface area (Å²) in [6, 6.07) is 6.69. The van der Waals surface area contributed by atoms with Crippen molar-refractivity contribution in [3.63, 3.8) is 0 Å². The van der Waals surface area contributed by atoms with E-state index >= 15 is 0 Å². The van der Waals surface area contributed by atoms with Crippen molar-refractivity contribution in [1.82, 2.24) is 4.90 Å². The Balaban J connectivity index is 1.65. The van der Waals surface area contributed by atoms with Crippen LogP contribution in [0.3, 0.4) is 0 Å². The Bertz CT molecular complexity index is 599. The first-order chi connectivity index (χ1) is 11.1. The van der Waals surface area contributed by atoms with Crippen molar-refractivity contribution in [1.29, 1.82) is 0 Å². The molecule has 23 heavy (non-hydrogen) atoms. The van der Waals surface area contributed by atoms with Gasteiger partial charge in [0.05, 0.1) is 16.9 Å². The maximum atomic E-state index is 12.5. The van der Waals surface area contributed by atoms with E-state index in [0.717, 1.165) is 12.8 Å². The molecule has 0 aromatic heterocycles. The molecule has 1 aromatic rings. The van der Waals surface area contributed by atoms with E-state index in [1.807, 2.05) is 4.90 Å². The zero-order valence-electron chi connectivity index (χ0n) is 12.9. The minimum absolute atomic E-state index is 0.0252. The number of aliphatic hydroxyl groups is 1. The fraction of sp³-hybridized carbons (Fsp3) is 0.562. The van der Waals surface area contributed by atoms with Gasteiger partial charge in [-0.15, -0.1) is 0 Å². The third-order valence-electron chi connectivity index (χ3n) is 4.81. The van der Waals surface area contributed by atoms with Gasteiger partial charge in [0, 0.05) is 32.2 Å². The molecular formula is C16H21N3O4. The average molecular weight is 319 g/mol. The number of carbonyl (C=O) groups excluding carboxylic acids is 1. The number of aliphatic hydroxyl groups excluding tert-OH is 1. The number of hydrogen-bond donors (Lipinski definition) is 1. The summed E-state index contributed by atoms with van der Waals surface area (Å²) in [6.07, 6.45) is 1.83. The lowest BCUT2D eigenvalue weighted by Crippen LogP contribution is -2.51. The first-order valence-electron chi connectivity index (χ1n) is 8.03. The molecule has 1 aliphatic carbocycles. The molecule has 1 amide bonds. The third kappa shape index (κ3) is 3.14. The van der Waals surface area contributed by atoms with E-state index < -0.39 is 6.10 Å². The molecule has 1 N–H and O–H groups in total. The maximum absolute atomic E-state index is 12.5. The average Bonchev–Trinajstić information content (AvgIpc) is 3.00. The predicted molar refractivity (Wildman–Crippen MR) is 85.2 cm³/mol. The third-order valence-corrected chi connectivity index (χ3v) is 4.81. The van der Waals surface area contributed by atoms with E-state index in [0.29, 0.717) is 38.3 Å². The largest absolute Gasteiger partial charge is 0.392 e. The van der Waals surface area contributed by atoms with Crippen LogP contribution in [-0.4, -0.2) is 53.1 Å². The van der Waals surface area contributed by atoms with Crippen LogP contribution >= 0.6 is 0 Å². The van der Waals surface area contributed by atoms with Gasteiger partial charge in [0.15, 0.2) is 0 Å². The Morgan fingerprint density at radius 3 is 2.48 bits per heavy atom. The van der Waals surface area contributed by atoms with E-state index in [-0.39, 0.29) is 22.4 Å². The molecule has 2 atom stereocenters. The number of anilines is 1. The topological polar surface area (TPSA) is 86.9 Å². The number of benzene rings is 1. The summed E-state index contributed by atoms with van der Waals surface area (Å²) in [5.41, 5.74) is 0.698. The normalized spacial score (nSPS) is 24.7. The lowest BCUT2D eigenvalue weighted by molar-refractivity contribution is -0.384. The molecule has 2 unspecified atom stereocenters. The first-order valence-corrected chi connectivity index (χ1v) is 8.03. The summed E-state index contributed by atoms with van der Waals surface area (Å²) in [4.78, 5) is 27.0. The summed E-state index contributed by atoms with van der Waals surface area (Å²) in [6.45, 7) is 2.21. The summed E-state index contributed by atoms with van der Waals surface area (Å²) in [7, 11) is 0. The minimum atomic E-state index is -0.518. The molecule has 3 rings (SSSR count). The summed E-state index contributed by atoms with van der Waals surface area (Å²) < 4.78 is 0. The smallest absolute Gasteiger partial charge is 0.292 e. The molecule has 124 valence electrons. The van der Waals surface area contributed by atoms with Crippen molar-refractivity contribution in [2.45, 2.75) is 25.4 Å². The summed E-state index contributed by atoms with van der Waals surface area (Å²) >= 11 is 0. The number of nitro benzene ring substituents is 1. The molecule has 0 radical (unpaired) electrons. The maximum Gasteiger partial charge on any atom is 0.292 e. The zero-order valence-corrected chi connectivity index (χ0v) is 12.9. The number of amides is 1. The van der Waals surface area contributed by atoms with Gasteiger partial charge in [-0.2, -0.15) is 0 Å². The molecule has 1 aliphatic heterocycles. The predicted octanol–water partition coefficient (Wildman–Crippen LogP) is 1.40. The molecule has 2 aliphatic rings. The molecule has 1 saturated carbocycles. The minimum Gasteiger partial charge on any atom is -0.392 e. The van der Waals surface area contributed by atoms with Crippen LogP contribution in [0.25, 0.3) is 0 Å². The molecule has 0 spiro atoms. The van der Waals surface area contributed by atoms with Crippen LogP contribution in [0.1, 0.15) is 19.3 Å². The molecule has 1 aromatic carbocycles. The highest BCUT2D eigenvalue weighted by Gasteiger charge is 2.35. The van der Waals surface area contributed by atoms with E-state index in [2.05, 4.69) is 0 Å². The number of carbonyl (C=O) groups is 1. The van der Waals surface area contributed by atoms with Gasteiger partial charge >= 0.3 is 0 Å². The lowest BCUT2D eigenvalue weighted by Gasteiger charge is -2.37. The van der Waals surface area contributed by atoms with E-state index in [1.54, 1.807) is 23.1 Å². The second-order valence-corrected chi connectivity index (χ2v) is 6.16. The second-order valence-electron chi connectivity index (χ2n) is 6.16. The van der Waals surface area contributed by atoms with E-state index in [9.17, 15) is 20.0 Å². The SMILES string of the molecule is O=C(C1CCCC1O)N1CCN(c2ccccc2[N+](=O)[O-])CC1. The van der Waals surface area contributed by atoms with Gasteiger partial charge in [0.1, 0.15) is 5.69 Å². The molecular weight excluding hydrogens is 298 g/mol. The quantitative estimate of drug-likeness (QED) is 0.672. The Labute approximate surface area is 134 Å². The van der Waals surface area contributed by atoms with Gasteiger partial charge in [-0.05, 0) is 25.3 Å². The molecule has 1 saturated heterocycles. The monoisotopic (exact) mass is 319 g/mol. The highest BCUT2D eigenvalue weighted by molar-refractivity contribution is 5.80. The van der Waals surface area contributed by atoms with Crippen molar-refractivity contribution >= 4 is 17.3 Å². The van der Waals surface area contributed by atoms with E-state index in [1.165, 1.54) is 6.07 Å². The summed E-state index contributed by atoms with van der Waals surface area (Å²) in [5.74, 6) is -0.246. The highest BCUT2D eigenvalue weighted by atomic mass is 16.6. The molecule has 2 fully saturated rings. The number of nitrogens with zero attached hydrogens (tertiary/aromatic N) is 3. The van der Waals surface area contributed by atoms with Crippen LogP contribution in [-0.2, 0) is 4.79 Å². The lowest BCUT2D eigenvalue weighted by atomic mass is 10.0. The van der Waals surface area contributed by atoms with Crippen LogP contribution in [0.2, 0.25) is 0 Å². The van der Waals surface area contributed by atoms with Crippen LogP contribution in [0.4, 0.5) is 11.4 Å². The molecule has 0 bridgehead atoms. The Morgan fingerprint density at radius 2 is 1.87 bits per heavy atom. The number of para-hydroxylation sites is 2. The number of piperazine rings is 1. The fourth-order valence-corrected chi connectivity index (χ4v) is 3.52. The first kappa shape index (κ1) is 15.7. The Morgan fingerprint density at radius 1 is 1.17 bits per heavy atom. The Hall–Kier alpha value is -2.15. The number of hydrogen-bond acceptors (Lipinski definition) is 5. The highest BCUT2D eigenvalue weighted by Crippen LogP contribution is 2.30. The van der Waals surface area contributed by atoms with Gasteiger partial charge in [-0.1, -0.05) is 12.1 Å². The second kappa shape index (κ2) is 6.54. The molecule has 7 nitrogen and oxygen atoms in total. The van der Waals surface area contributed by atoms with Crippen molar-refractivity contribution in [2.24, 2.45) is 5.92 Å². The van der Waals surface area contributed by atoms with Gasteiger partial charge in [-0.25, -0.2) is 0 Å². The van der Waals surface area contributed by atoms with Crippen LogP contribution in [0, 0.1) is 16.0 Å². The van der Waals surface area contributed by atoms with Crippen molar-refractivity contribution < 1.29 is 14.8 Å². The van der Waals surface area contributed by atoms with Crippen molar-refractivity contribution in [3.05, 3.63) is 34.4 Å². The van der Waals surface area contributed by atoms with Gasteiger partial charge < -0.3 is 14.9 Å². The number of rotatable bonds is 3. The molecule has 1 heterocycles. The van der Waals surface area contributed by atoms with Gasteiger partial charge in [-0.3, -0.25) is 14.9 Å². The van der Waals surface area contributed by atoms with Crippen LogP contribution in [0.5, 0.6) is 0 Å². The van der Waals surface area contributed by atoms with Gasteiger partial charge in [0.2, 0.25) is 5.91 Å². The summed E-state index contributed by atoms with van der Waals surface area (Å²) in [5, 5.41) is 21.0. The van der Waals surface area contributed by atoms with Crippen LogP contribution in [0.15, 0.2) is 24.3 Å². The van der Waals surface area contributed by atoms with Crippen molar-refractivity contribution in [3.8, 4) is 0 Å². The van der Waals surface area contributed by atoms with Crippen molar-refractivity contribution in [2.75, 3.05) is 31.1 Å². The zero-order chi connectivity index (χ0) is 16.4. The van der Waals surface area contributed by atoms with Crippen LogP contribution < -0.4 is 4.90 Å². The molecule has 7 heteroatoms. The number of nitro groups is 1. The van der Waals surface area contributed by atoms with Gasteiger partial charge in [0.25, 0.3) is 5.69 Å². The standard InChI is InChI=1S/C16H21N3O4/c20-15-7-3-4-12(15)16(21)18-10-8-17(9-11-18)13-5-1-2-6-14(13)19(22)23/h1-2,5-6,12,15,20H,3-4,7-11H2. The van der Waals surface area contributed by atoms with E-state index in [4.69, 9.17) is 0 Å².